The van der Waals surface area contributed by atoms with Gasteiger partial charge in [-0.15, -0.1) is 5.06 Å². The van der Waals surface area contributed by atoms with Crippen molar-refractivity contribution in [3.8, 4) is 0 Å². The van der Waals surface area contributed by atoms with Crippen molar-refractivity contribution >= 4 is 35.5 Å². The molecule has 9 atom stereocenters. The predicted molar refractivity (Wildman–Crippen MR) is 247 cm³/mol. The number of amides is 5. The largest absolute Gasteiger partial charge is 0.480 e. The van der Waals surface area contributed by atoms with Gasteiger partial charge in [0, 0.05) is 40.9 Å². The number of carbonyl (C=O) groups excluding carboxylic acids is 5. The second-order valence-electron chi connectivity index (χ2n) is 18.4. The van der Waals surface area contributed by atoms with Crippen LogP contribution in [0.1, 0.15) is 100 Å². The lowest BCUT2D eigenvalue weighted by molar-refractivity contribution is -0.147. The van der Waals surface area contributed by atoms with Crippen LogP contribution in [0.2, 0.25) is 0 Å². The average Bonchev–Trinajstić information content (AvgIpc) is 3.85. The molecule has 0 spiro atoms. The fraction of sp³-hybridized carbons (Fsp3) is 0.633. The fourth-order valence-electron chi connectivity index (χ4n) is 9.46. The van der Waals surface area contributed by atoms with E-state index >= 15 is 0 Å². The number of methoxy groups -OCH3 is 2. The molecule has 65 heavy (non-hydrogen) atoms. The summed E-state index contributed by atoms with van der Waals surface area (Å²) < 4.78 is 12.1. The summed E-state index contributed by atoms with van der Waals surface area (Å²) in [6.45, 7) is 14.7. The van der Waals surface area contributed by atoms with E-state index in [-0.39, 0.29) is 84.2 Å². The molecule has 0 aromatic heterocycles. The van der Waals surface area contributed by atoms with Crippen molar-refractivity contribution in [1.29, 1.82) is 0 Å². The smallest absolute Gasteiger partial charge is 0.321 e. The van der Waals surface area contributed by atoms with Crippen LogP contribution in [0.15, 0.2) is 54.6 Å². The molecule has 16 heteroatoms. The van der Waals surface area contributed by atoms with Gasteiger partial charge in [-0.2, -0.15) is 0 Å². The number of carbonyl (C=O) groups is 6. The first kappa shape index (κ1) is 52.9. The maximum absolute atomic E-state index is 14.6. The molecule has 360 valence electrons. The minimum absolute atomic E-state index is 0.0164. The summed E-state index contributed by atoms with van der Waals surface area (Å²) in [5.74, 6) is -3.45. The van der Waals surface area contributed by atoms with E-state index in [4.69, 9.17) is 14.3 Å². The number of carboxylic acids is 1. The Kier molecular flexibility index (Phi) is 20.1. The number of likely N-dealkylation sites (N-methyl/N-ethyl adjacent to an activating group) is 2. The monoisotopic (exact) mass is 907 g/mol. The van der Waals surface area contributed by atoms with Crippen molar-refractivity contribution in [1.82, 2.24) is 30.4 Å². The van der Waals surface area contributed by atoms with E-state index in [2.05, 4.69) is 10.6 Å². The number of ether oxygens (including phenoxy) is 2. The third-order valence-corrected chi connectivity index (χ3v) is 13.2. The number of nitrogens with one attached hydrogen (secondary N) is 2. The third-order valence-electron chi connectivity index (χ3n) is 13.2. The van der Waals surface area contributed by atoms with Gasteiger partial charge in [-0.25, -0.2) is 0 Å². The first-order valence-corrected chi connectivity index (χ1v) is 23.1. The highest BCUT2D eigenvalue weighted by Gasteiger charge is 2.43. The first-order valence-electron chi connectivity index (χ1n) is 23.1. The van der Waals surface area contributed by atoms with Gasteiger partial charge < -0.3 is 35.0 Å². The number of fused-ring (bicyclic) bond motifs is 1. The zero-order chi connectivity index (χ0) is 48.1. The molecular formula is C49H74N6O10. The first-order chi connectivity index (χ1) is 30.9. The number of benzene rings is 2. The molecule has 2 aromatic rings. The summed E-state index contributed by atoms with van der Waals surface area (Å²) in [5, 5.41) is 17.0. The van der Waals surface area contributed by atoms with Gasteiger partial charge in [0.15, 0.2) is 0 Å². The zero-order valence-corrected chi connectivity index (χ0v) is 40.3. The van der Waals surface area contributed by atoms with Crippen LogP contribution >= 0.6 is 0 Å². The second kappa shape index (κ2) is 24.7. The normalized spacial score (nSPS) is 18.9. The van der Waals surface area contributed by atoms with Gasteiger partial charge in [0.1, 0.15) is 12.1 Å². The molecule has 16 nitrogen and oxygen atoms in total. The molecule has 2 aliphatic heterocycles. The van der Waals surface area contributed by atoms with Gasteiger partial charge in [-0.1, -0.05) is 97.4 Å². The van der Waals surface area contributed by atoms with Gasteiger partial charge in [-0.05, 0) is 67.7 Å². The maximum Gasteiger partial charge on any atom is 0.321 e. The van der Waals surface area contributed by atoms with E-state index < -0.39 is 48.1 Å². The summed E-state index contributed by atoms with van der Waals surface area (Å²) in [4.78, 5) is 91.8. The van der Waals surface area contributed by atoms with Gasteiger partial charge >= 0.3 is 5.97 Å². The highest BCUT2D eigenvalue weighted by molar-refractivity contribution is 6.20. The summed E-state index contributed by atoms with van der Waals surface area (Å²) in [6, 6.07) is 12.9. The Morgan fingerprint density at radius 3 is 2.02 bits per heavy atom. The molecule has 0 unspecified atom stereocenters. The standard InChI is InChI=1S/C49H74N6O10/c1-12-32(6)43(39(63-10)28-40(56)54-24-18-23-38(54)44(64-11)33(7)29-50-37(49(61)62)27-34-19-14-13-15-20-34)53(9)48(60)41(30(2)3)51-45(57)42(31(4)5)52(8)25-26-65-55-46(58)35-21-16-17-22-36(35)47(55)59/h13-17,19-22,30-33,37-39,41-44,50H,12,18,23-29H2,1-11H3,(H,51,57)(H,61,62)/t32-,33-,37-,38-,39+,41-,42-,43-,44+/m0/s1. The molecule has 2 aliphatic rings. The second-order valence-corrected chi connectivity index (χ2v) is 18.4. The Bertz CT molecular complexity index is 1880. The maximum atomic E-state index is 14.6. The Morgan fingerprint density at radius 2 is 1.48 bits per heavy atom. The Hall–Kier alpha value is -4.74. The summed E-state index contributed by atoms with van der Waals surface area (Å²) in [5.41, 5.74) is 1.47. The van der Waals surface area contributed by atoms with E-state index in [1.54, 1.807) is 62.4 Å². The van der Waals surface area contributed by atoms with Gasteiger partial charge in [0.2, 0.25) is 17.7 Å². The lowest BCUT2D eigenvalue weighted by Gasteiger charge is -2.41. The number of aliphatic carboxylic acids is 1. The summed E-state index contributed by atoms with van der Waals surface area (Å²) >= 11 is 0. The molecule has 2 aromatic carbocycles. The van der Waals surface area contributed by atoms with Crippen molar-refractivity contribution in [2.75, 3.05) is 54.6 Å². The molecule has 3 N–H and O–H groups in total. The van der Waals surface area contributed by atoms with Crippen molar-refractivity contribution in [2.45, 2.75) is 123 Å². The number of hydroxylamine groups is 2. The average molecular weight is 907 g/mol. The Labute approximate surface area is 385 Å². The molecule has 0 bridgehead atoms. The van der Waals surface area contributed by atoms with Crippen LogP contribution in [0.25, 0.3) is 0 Å². The number of rotatable bonds is 26. The van der Waals surface area contributed by atoms with Crippen molar-refractivity contribution in [3.05, 3.63) is 71.3 Å². The number of nitrogens with zero attached hydrogens (tertiary/aromatic N) is 4. The molecule has 1 fully saturated rings. The van der Waals surface area contributed by atoms with Crippen LogP contribution in [0.3, 0.4) is 0 Å². The quantitative estimate of drug-likeness (QED) is 0.112. The third kappa shape index (κ3) is 13.2. The zero-order valence-electron chi connectivity index (χ0n) is 40.3. The van der Waals surface area contributed by atoms with Gasteiger partial charge in [0.05, 0.1) is 54.5 Å². The SMILES string of the molecule is CC[C@H](C)[C@@H]([C@@H](CC(=O)N1CCC[C@H]1[C@H](OC)[C@@H](C)CN[C@@H](Cc1ccccc1)C(=O)O)OC)N(C)C(=O)[C@@H](NC(=O)[C@H](C(C)C)N(C)CCON1C(=O)c2ccccc2C1=O)C(C)C. The highest BCUT2D eigenvalue weighted by atomic mass is 16.7. The van der Waals surface area contributed by atoms with Crippen LogP contribution in [-0.4, -0.2) is 157 Å². The van der Waals surface area contributed by atoms with Crippen molar-refractivity contribution in [3.63, 3.8) is 0 Å². The van der Waals surface area contributed by atoms with Gasteiger partial charge in [-0.3, -0.25) is 38.5 Å². The van der Waals surface area contributed by atoms with E-state index in [0.29, 0.717) is 25.9 Å². The molecule has 2 heterocycles. The van der Waals surface area contributed by atoms with E-state index in [1.165, 1.54) is 0 Å². The Morgan fingerprint density at radius 1 is 0.862 bits per heavy atom. The molecule has 5 amide bonds. The Balaban J connectivity index is 1.42. The number of imide groups is 1. The van der Waals surface area contributed by atoms with Gasteiger partial charge in [0.25, 0.3) is 11.8 Å². The highest BCUT2D eigenvalue weighted by Crippen LogP contribution is 2.30. The van der Waals surface area contributed by atoms with Crippen LogP contribution < -0.4 is 10.6 Å². The number of carboxylic acid groups (broad SMARTS) is 1. The number of hydrogen-bond donors (Lipinski definition) is 3. The predicted octanol–water partition coefficient (Wildman–Crippen LogP) is 4.52. The van der Waals surface area contributed by atoms with Crippen LogP contribution in [0.5, 0.6) is 0 Å². The molecule has 0 saturated carbocycles. The van der Waals surface area contributed by atoms with E-state index in [9.17, 15) is 33.9 Å². The van der Waals surface area contributed by atoms with Crippen molar-refractivity contribution in [2.24, 2.45) is 23.7 Å². The minimum atomic E-state index is -0.936. The molecule has 4 rings (SSSR count). The number of hydrogen-bond acceptors (Lipinski definition) is 11. The minimum Gasteiger partial charge on any atom is -0.480 e. The molecule has 0 aliphatic carbocycles. The van der Waals surface area contributed by atoms with E-state index in [0.717, 1.165) is 23.5 Å². The van der Waals surface area contributed by atoms with Crippen molar-refractivity contribution < 1.29 is 48.2 Å². The lowest BCUT2D eigenvalue weighted by Crippen LogP contribution is -2.60. The molecule has 1 saturated heterocycles. The van der Waals surface area contributed by atoms with E-state index in [1.807, 2.05) is 83.7 Å². The molecular weight excluding hydrogens is 833 g/mol. The summed E-state index contributed by atoms with van der Waals surface area (Å²) in [7, 11) is 6.64. The fourth-order valence-corrected chi connectivity index (χ4v) is 9.46. The van der Waals surface area contributed by atoms with Crippen LogP contribution in [0.4, 0.5) is 0 Å². The lowest BCUT2D eigenvalue weighted by atomic mass is 9.89. The van der Waals surface area contributed by atoms with Crippen LogP contribution in [-0.2, 0) is 39.9 Å². The molecule has 0 radical (unpaired) electrons. The summed E-state index contributed by atoms with van der Waals surface area (Å²) in [6.07, 6.45) is 1.54. The topological polar surface area (TPSA) is 187 Å². The van der Waals surface area contributed by atoms with Crippen LogP contribution in [0, 0.1) is 23.7 Å². The number of likely N-dealkylation sites (tertiary alicyclic amines) is 1.